The van der Waals surface area contributed by atoms with Crippen molar-refractivity contribution in [2.24, 2.45) is 11.1 Å². The van der Waals surface area contributed by atoms with Crippen molar-refractivity contribution in [3.8, 4) is 0 Å². The highest BCUT2D eigenvalue weighted by Crippen LogP contribution is 2.31. The van der Waals surface area contributed by atoms with Crippen LogP contribution < -0.4 is 21.3 Å². The molecule has 6 N–H and O–H groups in total. The zero-order valence-electron chi connectivity index (χ0n) is 24.7. The second-order valence-corrected chi connectivity index (χ2v) is 11.7. The van der Waals surface area contributed by atoms with E-state index in [9.17, 15) is 19.5 Å². The maximum absolute atomic E-state index is 13.5. The lowest BCUT2D eigenvalue weighted by Gasteiger charge is -2.30. The van der Waals surface area contributed by atoms with E-state index in [1.54, 1.807) is 36.4 Å². The van der Waals surface area contributed by atoms with E-state index in [0.29, 0.717) is 29.9 Å². The fourth-order valence-electron chi connectivity index (χ4n) is 4.96. The van der Waals surface area contributed by atoms with Crippen LogP contribution in [-0.4, -0.2) is 54.0 Å². The molecule has 2 unspecified atom stereocenters. The molecular formula is C33H39N5O5. The van der Waals surface area contributed by atoms with Crippen molar-refractivity contribution in [3.63, 3.8) is 0 Å². The summed E-state index contributed by atoms with van der Waals surface area (Å²) in [4.78, 5) is 42.0. The molecule has 1 aliphatic rings. The normalized spacial score (nSPS) is 15.4. The second kappa shape index (κ2) is 13.5. The number of carbonyl (C=O) groups excluding carboxylic acids is 3. The van der Waals surface area contributed by atoms with Gasteiger partial charge in [0.2, 0.25) is 5.91 Å². The maximum atomic E-state index is 13.5. The molecule has 0 spiro atoms. The molecule has 2 atom stereocenters. The Morgan fingerprint density at radius 2 is 1.72 bits per heavy atom. The fourth-order valence-corrected chi connectivity index (χ4v) is 4.96. The number of anilines is 2. The quantitative estimate of drug-likeness (QED) is 0.136. The first-order valence-corrected chi connectivity index (χ1v) is 14.3. The molecule has 1 saturated heterocycles. The summed E-state index contributed by atoms with van der Waals surface area (Å²) < 4.78 is 5.66. The number of nitrogens with zero attached hydrogens (tertiary/aromatic N) is 1. The van der Waals surface area contributed by atoms with Crippen LogP contribution in [0.15, 0.2) is 72.8 Å². The third-order valence-corrected chi connectivity index (χ3v) is 7.55. The Morgan fingerprint density at radius 1 is 1.05 bits per heavy atom. The molecule has 3 aromatic carbocycles. The van der Waals surface area contributed by atoms with Crippen molar-refractivity contribution in [1.82, 2.24) is 5.32 Å². The van der Waals surface area contributed by atoms with Gasteiger partial charge in [0.15, 0.2) is 0 Å². The summed E-state index contributed by atoms with van der Waals surface area (Å²) in [7, 11) is 0. The Bertz CT molecular complexity index is 1470. The molecule has 0 radical (unpaired) electrons. The third kappa shape index (κ3) is 7.78. The van der Waals surface area contributed by atoms with Gasteiger partial charge in [-0.2, -0.15) is 0 Å². The number of aliphatic hydroxyl groups excluding tert-OH is 1. The molecule has 10 heteroatoms. The predicted octanol–water partition coefficient (Wildman–Crippen LogP) is 4.07. The minimum atomic E-state index is -0.617. The average molecular weight is 586 g/mol. The van der Waals surface area contributed by atoms with Crippen molar-refractivity contribution in [2.75, 3.05) is 23.4 Å². The van der Waals surface area contributed by atoms with Gasteiger partial charge < -0.3 is 31.1 Å². The zero-order chi connectivity index (χ0) is 31.1. The number of esters is 1. The number of amidine groups is 1. The number of rotatable bonds is 10. The number of nitrogen functional groups attached to an aromatic ring is 1. The van der Waals surface area contributed by atoms with Crippen LogP contribution in [0.3, 0.4) is 0 Å². The van der Waals surface area contributed by atoms with Crippen LogP contribution in [0.25, 0.3) is 0 Å². The van der Waals surface area contributed by atoms with Gasteiger partial charge in [0.05, 0.1) is 23.9 Å². The molecule has 1 aliphatic heterocycles. The molecule has 0 bridgehead atoms. The number of nitrogens with two attached hydrogens (primary N) is 1. The first kappa shape index (κ1) is 31.2. The van der Waals surface area contributed by atoms with Crippen molar-refractivity contribution in [2.45, 2.75) is 52.3 Å². The Hall–Kier alpha value is -4.70. The fraction of sp³-hybridized carbons (Fsp3) is 0.333. The maximum Gasteiger partial charge on any atom is 0.340 e. The van der Waals surface area contributed by atoms with Gasteiger partial charge in [-0.05, 0) is 66.3 Å². The van der Waals surface area contributed by atoms with Gasteiger partial charge in [-0.15, -0.1) is 0 Å². The number of aliphatic hydroxyl groups is 1. The van der Waals surface area contributed by atoms with Gasteiger partial charge in [0, 0.05) is 23.4 Å². The highest BCUT2D eigenvalue weighted by molar-refractivity contribution is 6.03. The predicted molar refractivity (Wildman–Crippen MR) is 166 cm³/mol. The second-order valence-electron chi connectivity index (χ2n) is 11.7. The third-order valence-electron chi connectivity index (χ3n) is 7.55. The Kier molecular flexibility index (Phi) is 9.82. The molecule has 2 amide bonds. The molecular weight excluding hydrogens is 546 g/mol. The van der Waals surface area contributed by atoms with Crippen molar-refractivity contribution >= 4 is 35.0 Å². The van der Waals surface area contributed by atoms with E-state index in [4.69, 9.17) is 15.9 Å². The minimum absolute atomic E-state index is 0.0479. The minimum Gasteiger partial charge on any atom is -0.457 e. The van der Waals surface area contributed by atoms with E-state index in [-0.39, 0.29) is 41.5 Å². The number of carbonyl (C=O) groups is 3. The highest BCUT2D eigenvalue weighted by Gasteiger charge is 2.34. The highest BCUT2D eigenvalue weighted by atomic mass is 16.5. The first-order chi connectivity index (χ1) is 20.5. The number of nitrogens with one attached hydrogen (secondary N) is 3. The Labute approximate surface area is 251 Å². The summed E-state index contributed by atoms with van der Waals surface area (Å²) in [6.07, 6.45) is 1.30. The number of hydrogen-bond acceptors (Lipinski definition) is 7. The Morgan fingerprint density at radius 3 is 2.35 bits per heavy atom. The van der Waals surface area contributed by atoms with Crippen LogP contribution >= 0.6 is 0 Å². The van der Waals surface area contributed by atoms with E-state index in [2.05, 4.69) is 10.6 Å². The topological polar surface area (TPSA) is 158 Å². The van der Waals surface area contributed by atoms with Crippen LogP contribution in [0.5, 0.6) is 0 Å². The lowest BCUT2D eigenvalue weighted by molar-refractivity contribution is -0.117. The largest absolute Gasteiger partial charge is 0.457 e. The molecule has 0 aliphatic carbocycles. The van der Waals surface area contributed by atoms with Gasteiger partial charge in [0.25, 0.3) is 5.91 Å². The molecule has 10 nitrogen and oxygen atoms in total. The molecule has 43 heavy (non-hydrogen) atoms. The summed E-state index contributed by atoms with van der Waals surface area (Å²) in [6.45, 7) is 6.09. The van der Waals surface area contributed by atoms with E-state index >= 15 is 0 Å². The van der Waals surface area contributed by atoms with E-state index in [0.717, 1.165) is 12.0 Å². The number of hydrogen-bond donors (Lipinski definition) is 5. The van der Waals surface area contributed by atoms with Crippen LogP contribution in [0, 0.1) is 10.8 Å². The van der Waals surface area contributed by atoms with Crippen molar-refractivity contribution in [3.05, 3.63) is 95.1 Å². The summed E-state index contributed by atoms with van der Waals surface area (Å²) in [5.41, 5.74) is 7.99. The van der Waals surface area contributed by atoms with E-state index in [1.807, 2.05) is 56.0 Å². The molecule has 0 saturated carbocycles. The number of benzene rings is 3. The van der Waals surface area contributed by atoms with Crippen LogP contribution in [0.2, 0.25) is 0 Å². The molecule has 226 valence electrons. The molecule has 1 heterocycles. The molecule has 1 fully saturated rings. The monoisotopic (exact) mass is 585 g/mol. The summed E-state index contributed by atoms with van der Waals surface area (Å²) in [5, 5.41) is 23.2. The lowest BCUT2D eigenvalue weighted by Crippen LogP contribution is -2.46. The summed E-state index contributed by atoms with van der Waals surface area (Å²) in [6, 6.07) is 19.7. The zero-order valence-corrected chi connectivity index (χ0v) is 24.7. The van der Waals surface area contributed by atoms with E-state index in [1.165, 1.54) is 6.07 Å². The average Bonchev–Trinajstić information content (AvgIpc) is 3.48. The van der Waals surface area contributed by atoms with E-state index < -0.39 is 24.0 Å². The number of amides is 2. The number of ether oxygens (including phenoxy) is 1. The van der Waals surface area contributed by atoms with Crippen molar-refractivity contribution < 1.29 is 24.2 Å². The standard InChI is InChI=1S/C33H39N5O5/c1-33(2,3)28(19-39)37-30(40)23-13-16-26(25(18-23)32(42)43-20-21-8-5-4-6-9-21)38-17-7-10-27(38)31(41)36-24-14-11-22(12-15-24)29(34)35/h4-6,8-9,11-16,18,27-28,39H,7,10,17,19-20H2,1-3H3,(H3,34,35)(H,36,41)(H,37,40). The van der Waals surface area contributed by atoms with Crippen LogP contribution in [0.4, 0.5) is 11.4 Å². The smallest absolute Gasteiger partial charge is 0.340 e. The lowest BCUT2D eigenvalue weighted by atomic mass is 9.87. The summed E-state index contributed by atoms with van der Waals surface area (Å²) >= 11 is 0. The molecule has 3 aromatic rings. The summed E-state index contributed by atoms with van der Waals surface area (Å²) in [5.74, 6) is -1.35. The molecule has 0 aromatic heterocycles. The van der Waals surface area contributed by atoms with Crippen LogP contribution in [0.1, 0.15) is 65.5 Å². The first-order valence-electron chi connectivity index (χ1n) is 14.3. The SMILES string of the molecule is CC(C)(C)C(CO)NC(=O)c1ccc(N2CCCC2C(=O)Nc2ccc(C(=N)N)cc2)c(C(=O)OCc2ccccc2)c1. The van der Waals surface area contributed by atoms with Gasteiger partial charge in [-0.1, -0.05) is 51.1 Å². The van der Waals surface area contributed by atoms with Gasteiger partial charge >= 0.3 is 5.97 Å². The van der Waals surface area contributed by atoms with Crippen molar-refractivity contribution in [1.29, 1.82) is 5.41 Å². The molecule has 4 rings (SSSR count). The van der Waals surface area contributed by atoms with Gasteiger partial charge in [-0.25, -0.2) is 4.79 Å². The van der Waals surface area contributed by atoms with Gasteiger partial charge in [-0.3, -0.25) is 15.0 Å². The Balaban J connectivity index is 1.61. The van der Waals surface area contributed by atoms with Gasteiger partial charge in [0.1, 0.15) is 18.5 Å². The van der Waals surface area contributed by atoms with Crippen LogP contribution in [-0.2, 0) is 16.1 Å².